The normalized spacial score (nSPS) is 17.2. The number of hydrogen-bond acceptors (Lipinski definition) is 5. The molecule has 1 fully saturated rings. The molecule has 2 aromatic carbocycles. The number of allylic oxidation sites excluding steroid dienone is 1. The number of imidazole rings is 1. The predicted molar refractivity (Wildman–Crippen MR) is 149 cm³/mol. The molecule has 1 aromatic heterocycles. The van der Waals surface area contributed by atoms with Gasteiger partial charge in [-0.3, -0.25) is 4.79 Å². The number of nitrogens with zero attached hydrogens (tertiary/aromatic N) is 4. The predicted octanol–water partition coefficient (Wildman–Crippen LogP) is 4.63. The maximum absolute atomic E-state index is 14.0. The average molecular weight is 662 g/mol. The monoisotopic (exact) mass is 661 g/mol. The maximum atomic E-state index is 14.0. The smallest absolute Gasteiger partial charge is 0.244 e. The Morgan fingerprint density at radius 1 is 1.31 bits per heavy atom. The first-order chi connectivity index (χ1) is 17.4. The number of nitriles is 1. The molecule has 1 amide bonds. The lowest BCUT2D eigenvalue weighted by molar-refractivity contribution is -0.118. The molecule has 2 aliphatic heterocycles. The van der Waals surface area contributed by atoms with Gasteiger partial charge in [0.15, 0.2) is 0 Å². The topological polar surface area (TPSA) is 94.2 Å². The van der Waals surface area contributed by atoms with Gasteiger partial charge in [0.2, 0.25) is 5.91 Å². The fourth-order valence-corrected chi connectivity index (χ4v) is 7.31. The van der Waals surface area contributed by atoms with Gasteiger partial charge in [0.1, 0.15) is 17.6 Å². The van der Waals surface area contributed by atoms with Crippen LogP contribution in [-0.4, -0.2) is 41.6 Å². The van der Waals surface area contributed by atoms with Crippen LogP contribution in [-0.2, 0) is 17.9 Å². The number of benzene rings is 2. The SMILES string of the molecule is N#Cc1ccc(Cn2cncc2CN[C@@H]2CCN(c3ccc(Br)c4c3C=C(O)CI=C4)C2=O)cc1F. The summed E-state index contributed by atoms with van der Waals surface area (Å²) in [5, 5.41) is 22.6. The summed E-state index contributed by atoms with van der Waals surface area (Å²) in [5.41, 5.74) is 4.33. The maximum Gasteiger partial charge on any atom is 0.244 e. The van der Waals surface area contributed by atoms with Gasteiger partial charge in [0.25, 0.3) is 0 Å². The van der Waals surface area contributed by atoms with Crippen LogP contribution in [0.5, 0.6) is 0 Å². The Bertz CT molecular complexity index is 1440. The third-order valence-electron chi connectivity index (χ3n) is 6.25. The second-order valence-electron chi connectivity index (χ2n) is 8.58. The second-order valence-corrected chi connectivity index (χ2v) is 11.7. The Balaban J connectivity index is 1.29. The van der Waals surface area contributed by atoms with Crippen LogP contribution in [0.15, 0.2) is 53.1 Å². The van der Waals surface area contributed by atoms with E-state index in [1.54, 1.807) is 29.6 Å². The number of alkyl halides is 1. The second kappa shape index (κ2) is 10.6. The first-order valence-electron chi connectivity index (χ1n) is 11.3. The molecule has 184 valence electrons. The summed E-state index contributed by atoms with van der Waals surface area (Å²) in [6, 6.07) is 9.93. The molecule has 0 radical (unpaired) electrons. The minimum Gasteiger partial charge on any atom is -0.511 e. The van der Waals surface area contributed by atoms with E-state index in [0.717, 1.165) is 32.5 Å². The number of rotatable bonds is 6. The van der Waals surface area contributed by atoms with Gasteiger partial charge >= 0.3 is 0 Å². The Kier molecular flexibility index (Phi) is 7.32. The molecule has 1 saturated heterocycles. The van der Waals surface area contributed by atoms with Crippen molar-refractivity contribution >= 4 is 58.3 Å². The van der Waals surface area contributed by atoms with Crippen molar-refractivity contribution in [3.63, 3.8) is 0 Å². The minimum atomic E-state index is -0.542. The Labute approximate surface area is 226 Å². The van der Waals surface area contributed by atoms with E-state index < -0.39 is 5.82 Å². The van der Waals surface area contributed by atoms with E-state index in [1.807, 2.05) is 22.8 Å². The Hall–Kier alpha value is -2.88. The average Bonchev–Trinajstić information content (AvgIpc) is 3.39. The molecule has 2 N–H and O–H groups in total. The van der Waals surface area contributed by atoms with Gasteiger partial charge < -0.3 is 19.9 Å². The molecule has 7 nitrogen and oxygen atoms in total. The van der Waals surface area contributed by atoms with Crippen LogP contribution in [0.3, 0.4) is 0 Å². The highest BCUT2D eigenvalue weighted by molar-refractivity contribution is 14.2. The summed E-state index contributed by atoms with van der Waals surface area (Å²) in [6.07, 6.45) is 5.85. The molecule has 0 bridgehead atoms. The Morgan fingerprint density at radius 2 is 2.17 bits per heavy atom. The van der Waals surface area contributed by atoms with Crippen LogP contribution < -0.4 is 10.2 Å². The largest absolute Gasteiger partial charge is 0.511 e. The van der Waals surface area contributed by atoms with Gasteiger partial charge in [0.05, 0.1) is 33.7 Å². The molecule has 36 heavy (non-hydrogen) atoms. The van der Waals surface area contributed by atoms with E-state index in [1.165, 1.54) is 12.1 Å². The zero-order chi connectivity index (χ0) is 25.2. The molecule has 10 heteroatoms. The molecule has 5 rings (SSSR count). The number of aliphatic hydroxyl groups excluding tert-OH is 1. The van der Waals surface area contributed by atoms with Gasteiger partial charge in [0, 0.05) is 41.4 Å². The molecule has 0 unspecified atom stereocenters. The zero-order valence-electron chi connectivity index (χ0n) is 19.1. The van der Waals surface area contributed by atoms with Crippen molar-refractivity contribution in [1.82, 2.24) is 14.9 Å². The van der Waals surface area contributed by atoms with Gasteiger partial charge in [-0.05, 0) is 46.3 Å². The number of amides is 1. The van der Waals surface area contributed by atoms with Crippen molar-refractivity contribution in [3.8, 4) is 6.07 Å². The summed E-state index contributed by atoms with van der Waals surface area (Å²) in [5.74, 6) is -0.194. The summed E-state index contributed by atoms with van der Waals surface area (Å²) < 4.78 is 19.7. The van der Waals surface area contributed by atoms with E-state index in [4.69, 9.17) is 5.26 Å². The third kappa shape index (κ3) is 5.00. The fourth-order valence-electron chi connectivity index (χ4n) is 4.41. The number of carbonyl (C=O) groups is 1. The van der Waals surface area contributed by atoms with E-state index in [-0.39, 0.29) is 38.2 Å². The molecule has 3 heterocycles. The number of anilines is 1. The van der Waals surface area contributed by atoms with E-state index in [2.05, 4.69) is 30.2 Å². The lowest BCUT2D eigenvalue weighted by Crippen LogP contribution is -2.38. The molecule has 3 aromatic rings. The Morgan fingerprint density at radius 3 is 2.97 bits per heavy atom. The molecule has 1 atom stereocenters. The number of carbonyl (C=O) groups excluding carboxylic acids is 1. The van der Waals surface area contributed by atoms with Crippen molar-refractivity contribution in [2.75, 3.05) is 15.9 Å². The summed E-state index contributed by atoms with van der Waals surface area (Å²) in [4.78, 5) is 19.4. The molecule has 0 saturated carbocycles. The van der Waals surface area contributed by atoms with Gasteiger partial charge in [-0.15, -0.1) is 20.7 Å². The number of aliphatic hydroxyl groups is 1. The van der Waals surface area contributed by atoms with Crippen molar-refractivity contribution in [1.29, 1.82) is 5.26 Å². The van der Waals surface area contributed by atoms with Crippen LogP contribution in [0.1, 0.15) is 34.4 Å². The first kappa shape index (κ1) is 24.8. The van der Waals surface area contributed by atoms with Gasteiger partial charge in [-0.2, -0.15) is 5.26 Å². The molecular weight excluding hydrogens is 640 g/mol. The van der Waals surface area contributed by atoms with Crippen LogP contribution >= 0.6 is 36.7 Å². The van der Waals surface area contributed by atoms with Crippen LogP contribution in [0.25, 0.3) is 6.08 Å². The van der Waals surface area contributed by atoms with Crippen molar-refractivity contribution in [2.24, 2.45) is 0 Å². The lowest BCUT2D eigenvalue weighted by atomic mass is 10.0. The minimum absolute atomic E-state index is 0.00779. The first-order valence-corrected chi connectivity index (χ1v) is 14.9. The number of halogens is 3. The quantitative estimate of drug-likeness (QED) is 0.297. The van der Waals surface area contributed by atoms with Crippen molar-refractivity contribution in [3.05, 3.63) is 86.9 Å². The summed E-state index contributed by atoms with van der Waals surface area (Å²) in [7, 11) is 0. The number of hydrogen-bond donors (Lipinski definition) is 2. The highest BCUT2D eigenvalue weighted by Crippen LogP contribution is 2.35. The van der Waals surface area contributed by atoms with E-state index >= 15 is 0 Å². The van der Waals surface area contributed by atoms with Gasteiger partial charge in [-0.25, -0.2) is 9.37 Å². The van der Waals surface area contributed by atoms with Crippen molar-refractivity contribution in [2.45, 2.75) is 25.6 Å². The van der Waals surface area contributed by atoms with Crippen LogP contribution in [0.4, 0.5) is 10.1 Å². The van der Waals surface area contributed by atoms with Gasteiger partial charge in [-0.1, -0.05) is 22.0 Å². The van der Waals surface area contributed by atoms with Crippen molar-refractivity contribution < 1.29 is 14.3 Å². The van der Waals surface area contributed by atoms with E-state index in [0.29, 0.717) is 36.2 Å². The number of fused-ring (bicyclic) bond motifs is 1. The molecule has 2 aliphatic rings. The molecule has 0 spiro atoms. The number of nitrogens with one attached hydrogen (secondary N) is 1. The zero-order valence-corrected chi connectivity index (χ0v) is 22.8. The number of aromatic nitrogens is 2. The fraction of sp³-hybridized carbons (Fsp3) is 0.231. The van der Waals surface area contributed by atoms with Crippen LogP contribution in [0.2, 0.25) is 0 Å². The van der Waals surface area contributed by atoms with E-state index in [9.17, 15) is 14.3 Å². The highest BCUT2D eigenvalue weighted by Gasteiger charge is 2.34. The highest BCUT2D eigenvalue weighted by atomic mass is 127. The summed E-state index contributed by atoms with van der Waals surface area (Å²) >= 11 is 3.32. The standard InChI is InChI=1S/C26H22BrFIN5O2/c27-22-3-4-25(20-8-19(35)9-29-10-21(20)22)34-6-5-24(26(34)36)32-13-18-12-31-15-33(18)14-16-1-2-17(11-30)23(28)7-16/h1-4,7-8,10,12,15,24,32,35H,5-6,9,13-14H2/t24-/m1/s1. The molecular formula is C26H22BrFIN5O2. The molecule has 0 aliphatic carbocycles. The van der Waals surface area contributed by atoms with Crippen LogP contribution in [0, 0.1) is 17.1 Å². The summed E-state index contributed by atoms with van der Waals surface area (Å²) in [6.45, 7) is 1.42. The third-order valence-corrected chi connectivity index (χ3v) is 9.23. The lowest BCUT2D eigenvalue weighted by Gasteiger charge is -2.21.